The summed E-state index contributed by atoms with van der Waals surface area (Å²) in [5.74, 6) is 0.566. The third-order valence-corrected chi connectivity index (χ3v) is 3.26. The highest BCUT2D eigenvalue weighted by atomic mass is 19.1. The van der Waals surface area contributed by atoms with Gasteiger partial charge in [-0.05, 0) is 25.1 Å². The second-order valence-corrected chi connectivity index (χ2v) is 4.65. The Hall–Kier alpha value is -1.87. The number of hydrogen-bond donors (Lipinski definition) is 1. The molecule has 2 aromatic rings. The van der Waals surface area contributed by atoms with E-state index >= 15 is 0 Å². The van der Waals surface area contributed by atoms with Gasteiger partial charge in [0.15, 0.2) is 0 Å². The van der Waals surface area contributed by atoms with E-state index in [4.69, 9.17) is 4.74 Å². The number of ether oxygens (including phenoxy) is 1. The Kier molecular flexibility index (Phi) is 5.13. The van der Waals surface area contributed by atoms with Gasteiger partial charge in [-0.3, -0.25) is 0 Å². The van der Waals surface area contributed by atoms with Gasteiger partial charge in [0.1, 0.15) is 11.6 Å². The fourth-order valence-electron chi connectivity index (χ4n) is 2.29. The molecular formula is C17H20FNO. The first-order chi connectivity index (χ1) is 9.77. The molecule has 106 valence electrons. The Morgan fingerprint density at radius 1 is 1.05 bits per heavy atom. The summed E-state index contributed by atoms with van der Waals surface area (Å²) >= 11 is 0. The quantitative estimate of drug-likeness (QED) is 0.861. The molecular weight excluding hydrogens is 253 g/mol. The van der Waals surface area contributed by atoms with E-state index in [9.17, 15) is 4.39 Å². The van der Waals surface area contributed by atoms with Gasteiger partial charge < -0.3 is 10.1 Å². The zero-order chi connectivity index (χ0) is 14.4. The van der Waals surface area contributed by atoms with Gasteiger partial charge in [-0.25, -0.2) is 4.39 Å². The van der Waals surface area contributed by atoms with Gasteiger partial charge >= 0.3 is 0 Å². The lowest BCUT2D eigenvalue weighted by Crippen LogP contribution is -2.24. The van der Waals surface area contributed by atoms with Crippen molar-refractivity contribution in [1.82, 2.24) is 5.32 Å². The summed E-state index contributed by atoms with van der Waals surface area (Å²) in [5.41, 5.74) is 1.60. The monoisotopic (exact) mass is 273 g/mol. The second kappa shape index (κ2) is 7.06. The molecule has 0 bridgehead atoms. The fraction of sp³-hybridized carbons (Fsp3) is 0.294. The van der Waals surface area contributed by atoms with Crippen LogP contribution in [0.1, 0.15) is 30.5 Å². The van der Waals surface area contributed by atoms with Crippen LogP contribution < -0.4 is 10.1 Å². The molecule has 1 atom stereocenters. The first kappa shape index (κ1) is 14.5. The molecule has 1 unspecified atom stereocenters. The summed E-state index contributed by atoms with van der Waals surface area (Å²) in [7, 11) is 1.64. The van der Waals surface area contributed by atoms with Crippen molar-refractivity contribution >= 4 is 0 Å². The third-order valence-electron chi connectivity index (χ3n) is 3.26. The molecule has 0 saturated carbocycles. The van der Waals surface area contributed by atoms with Gasteiger partial charge in [0.2, 0.25) is 0 Å². The molecule has 0 spiro atoms. The van der Waals surface area contributed by atoms with E-state index < -0.39 is 0 Å². The van der Waals surface area contributed by atoms with E-state index in [1.165, 1.54) is 6.07 Å². The van der Waals surface area contributed by atoms with E-state index in [1.807, 2.05) is 36.4 Å². The van der Waals surface area contributed by atoms with Gasteiger partial charge in [-0.15, -0.1) is 0 Å². The average Bonchev–Trinajstić information content (AvgIpc) is 2.49. The summed E-state index contributed by atoms with van der Waals surface area (Å²) in [5, 5.41) is 3.40. The number of nitrogens with one attached hydrogen (secondary N) is 1. The summed E-state index contributed by atoms with van der Waals surface area (Å²) < 4.78 is 19.5. The Morgan fingerprint density at radius 3 is 2.35 bits per heavy atom. The van der Waals surface area contributed by atoms with Gasteiger partial charge in [-0.1, -0.05) is 43.3 Å². The van der Waals surface area contributed by atoms with Crippen molar-refractivity contribution in [2.24, 2.45) is 0 Å². The third kappa shape index (κ3) is 3.17. The SMILES string of the molecule is CCCNC(c1ccccc1F)c1ccccc1OC. The Balaban J connectivity index is 2.44. The number of rotatable bonds is 6. The van der Waals surface area contributed by atoms with E-state index in [-0.39, 0.29) is 11.9 Å². The van der Waals surface area contributed by atoms with Crippen molar-refractivity contribution in [3.63, 3.8) is 0 Å². The van der Waals surface area contributed by atoms with Crippen LogP contribution in [0.2, 0.25) is 0 Å². The topological polar surface area (TPSA) is 21.3 Å². The van der Waals surface area contributed by atoms with Crippen LogP contribution in [-0.2, 0) is 0 Å². The minimum atomic E-state index is -0.202. The first-order valence-corrected chi connectivity index (χ1v) is 6.88. The summed E-state index contributed by atoms with van der Waals surface area (Å²) in [4.78, 5) is 0. The van der Waals surface area contributed by atoms with E-state index in [0.29, 0.717) is 5.56 Å². The minimum absolute atomic E-state index is 0.202. The number of para-hydroxylation sites is 1. The molecule has 0 aliphatic rings. The Labute approximate surface area is 119 Å². The highest BCUT2D eigenvalue weighted by molar-refractivity contribution is 5.41. The van der Waals surface area contributed by atoms with Crippen molar-refractivity contribution in [3.8, 4) is 5.75 Å². The fourth-order valence-corrected chi connectivity index (χ4v) is 2.29. The highest BCUT2D eigenvalue weighted by Crippen LogP contribution is 2.31. The van der Waals surface area contributed by atoms with Gasteiger partial charge in [-0.2, -0.15) is 0 Å². The van der Waals surface area contributed by atoms with E-state index in [0.717, 1.165) is 24.3 Å². The van der Waals surface area contributed by atoms with Crippen LogP contribution in [0.15, 0.2) is 48.5 Å². The molecule has 0 amide bonds. The molecule has 0 aliphatic carbocycles. The molecule has 3 heteroatoms. The number of halogens is 1. The number of hydrogen-bond acceptors (Lipinski definition) is 2. The minimum Gasteiger partial charge on any atom is -0.496 e. The summed E-state index contributed by atoms with van der Waals surface area (Å²) in [6.45, 7) is 2.91. The van der Waals surface area contributed by atoms with E-state index in [1.54, 1.807) is 13.2 Å². The van der Waals surface area contributed by atoms with Crippen LogP contribution in [-0.4, -0.2) is 13.7 Å². The van der Waals surface area contributed by atoms with Gasteiger partial charge in [0.05, 0.1) is 13.2 Å². The molecule has 0 radical (unpaired) electrons. The van der Waals surface area contributed by atoms with Crippen molar-refractivity contribution in [2.45, 2.75) is 19.4 Å². The highest BCUT2D eigenvalue weighted by Gasteiger charge is 2.19. The molecule has 20 heavy (non-hydrogen) atoms. The average molecular weight is 273 g/mol. The lowest BCUT2D eigenvalue weighted by atomic mass is 9.97. The van der Waals surface area contributed by atoms with Crippen LogP contribution in [0, 0.1) is 5.82 Å². The molecule has 0 fully saturated rings. The molecule has 0 aromatic heterocycles. The van der Waals surface area contributed by atoms with Crippen molar-refractivity contribution in [2.75, 3.05) is 13.7 Å². The Morgan fingerprint density at radius 2 is 1.70 bits per heavy atom. The zero-order valence-electron chi connectivity index (χ0n) is 11.9. The molecule has 0 saturated heterocycles. The van der Waals surface area contributed by atoms with Crippen LogP contribution in [0.4, 0.5) is 4.39 Å². The predicted octanol–water partition coefficient (Wildman–Crippen LogP) is 3.92. The predicted molar refractivity (Wildman–Crippen MR) is 79.5 cm³/mol. The van der Waals surface area contributed by atoms with Crippen LogP contribution in [0.3, 0.4) is 0 Å². The standard InChI is InChI=1S/C17H20FNO/c1-3-12-19-17(13-8-4-6-10-15(13)18)14-9-5-7-11-16(14)20-2/h4-11,17,19H,3,12H2,1-2H3. The Bertz CT molecular complexity index is 556. The lowest BCUT2D eigenvalue weighted by Gasteiger charge is -2.22. The van der Waals surface area contributed by atoms with Crippen LogP contribution >= 0.6 is 0 Å². The van der Waals surface area contributed by atoms with Crippen LogP contribution in [0.5, 0.6) is 5.75 Å². The maximum absolute atomic E-state index is 14.1. The molecule has 0 heterocycles. The smallest absolute Gasteiger partial charge is 0.128 e. The van der Waals surface area contributed by atoms with Gasteiger partial charge in [0.25, 0.3) is 0 Å². The largest absolute Gasteiger partial charge is 0.496 e. The van der Waals surface area contributed by atoms with Crippen molar-refractivity contribution in [1.29, 1.82) is 0 Å². The molecule has 2 rings (SSSR count). The first-order valence-electron chi connectivity index (χ1n) is 6.88. The molecule has 1 N–H and O–H groups in total. The summed E-state index contributed by atoms with van der Waals surface area (Å²) in [6, 6.07) is 14.4. The molecule has 2 aromatic carbocycles. The normalized spacial score (nSPS) is 12.2. The van der Waals surface area contributed by atoms with Crippen molar-refractivity contribution in [3.05, 3.63) is 65.5 Å². The van der Waals surface area contributed by atoms with Crippen molar-refractivity contribution < 1.29 is 9.13 Å². The maximum atomic E-state index is 14.1. The zero-order valence-corrected chi connectivity index (χ0v) is 11.9. The molecule has 2 nitrogen and oxygen atoms in total. The summed E-state index contributed by atoms with van der Waals surface area (Å²) in [6.07, 6.45) is 0.986. The number of benzene rings is 2. The molecule has 0 aliphatic heterocycles. The van der Waals surface area contributed by atoms with Gasteiger partial charge in [0, 0.05) is 11.1 Å². The second-order valence-electron chi connectivity index (χ2n) is 4.65. The van der Waals surface area contributed by atoms with Crippen LogP contribution in [0.25, 0.3) is 0 Å². The number of methoxy groups -OCH3 is 1. The van der Waals surface area contributed by atoms with E-state index in [2.05, 4.69) is 12.2 Å². The lowest BCUT2D eigenvalue weighted by molar-refractivity contribution is 0.402. The maximum Gasteiger partial charge on any atom is 0.128 e.